The minimum atomic E-state index is -1.30. The fourth-order valence-electron chi connectivity index (χ4n) is 2.83. The Kier molecular flexibility index (Phi) is 4.98. The van der Waals surface area contributed by atoms with Crippen LogP contribution < -0.4 is 5.32 Å². The maximum atomic E-state index is 12.2. The standard InChI is InChI=1S/C16H16BNO5S/c19-14(7-10-5-6-24-9-10)18-16-12-4-2-1-3-11(12)13(8-15(20)21)23-17(16)22/h1-6,9,13,16,22H,7-8H2,(H,18,19)(H,20,21)/t13-,16?/m1/s1. The van der Waals surface area contributed by atoms with Gasteiger partial charge in [-0.05, 0) is 33.5 Å². The number of thiophene rings is 1. The van der Waals surface area contributed by atoms with Crippen molar-refractivity contribution < 1.29 is 24.4 Å². The summed E-state index contributed by atoms with van der Waals surface area (Å²) in [6, 6.07) is 8.96. The summed E-state index contributed by atoms with van der Waals surface area (Å²) in [6.45, 7) is 0. The Labute approximate surface area is 143 Å². The molecule has 0 fully saturated rings. The van der Waals surface area contributed by atoms with Gasteiger partial charge in [0.1, 0.15) is 0 Å². The van der Waals surface area contributed by atoms with Gasteiger partial charge in [-0.3, -0.25) is 9.59 Å². The number of carboxylic acids is 1. The number of carbonyl (C=O) groups excluding carboxylic acids is 1. The van der Waals surface area contributed by atoms with Gasteiger partial charge in [0.2, 0.25) is 5.91 Å². The first-order chi connectivity index (χ1) is 11.5. The van der Waals surface area contributed by atoms with Crippen molar-refractivity contribution in [3.63, 3.8) is 0 Å². The van der Waals surface area contributed by atoms with E-state index in [1.54, 1.807) is 24.3 Å². The summed E-state index contributed by atoms with van der Waals surface area (Å²) in [6.07, 6.45) is -0.768. The van der Waals surface area contributed by atoms with E-state index in [1.807, 2.05) is 16.8 Å². The Hall–Kier alpha value is -2.16. The zero-order valence-electron chi connectivity index (χ0n) is 12.7. The second-order valence-electron chi connectivity index (χ2n) is 5.60. The minimum Gasteiger partial charge on any atom is -0.481 e. The van der Waals surface area contributed by atoms with Crippen molar-refractivity contribution in [2.75, 3.05) is 0 Å². The van der Waals surface area contributed by atoms with Gasteiger partial charge < -0.3 is 20.1 Å². The number of nitrogens with one attached hydrogen (secondary N) is 1. The van der Waals surface area contributed by atoms with E-state index < -0.39 is 25.1 Å². The van der Waals surface area contributed by atoms with E-state index in [0.29, 0.717) is 11.1 Å². The van der Waals surface area contributed by atoms with Crippen LogP contribution in [0.3, 0.4) is 0 Å². The summed E-state index contributed by atoms with van der Waals surface area (Å²) in [5.41, 5.74) is 2.26. The lowest BCUT2D eigenvalue weighted by atomic mass is 9.69. The maximum absolute atomic E-state index is 12.2. The molecule has 1 unspecified atom stereocenters. The number of carbonyl (C=O) groups is 2. The number of hydrogen-bond donors (Lipinski definition) is 3. The molecule has 2 heterocycles. The average Bonchev–Trinajstić information content (AvgIpc) is 3.03. The number of carboxylic acid groups (broad SMARTS) is 1. The van der Waals surface area contributed by atoms with Crippen LogP contribution in [0.1, 0.15) is 35.2 Å². The molecule has 124 valence electrons. The van der Waals surface area contributed by atoms with Crippen LogP contribution in [0.2, 0.25) is 0 Å². The van der Waals surface area contributed by atoms with E-state index in [-0.39, 0.29) is 18.7 Å². The van der Waals surface area contributed by atoms with Crippen LogP contribution >= 0.6 is 11.3 Å². The molecule has 2 atom stereocenters. The van der Waals surface area contributed by atoms with Gasteiger partial charge in [-0.2, -0.15) is 11.3 Å². The van der Waals surface area contributed by atoms with Crippen molar-refractivity contribution in [2.45, 2.75) is 24.9 Å². The fraction of sp³-hybridized carbons (Fsp3) is 0.250. The summed E-state index contributed by atoms with van der Waals surface area (Å²) >= 11 is 1.51. The predicted molar refractivity (Wildman–Crippen MR) is 89.4 cm³/mol. The second kappa shape index (κ2) is 7.17. The normalized spacial score (nSPS) is 19.6. The van der Waals surface area contributed by atoms with Crippen LogP contribution in [0.15, 0.2) is 41.1 Å². The van der Waals surface area contributed by atoms with Crippen LogP contribution in [0.25, 0.3) is 0 Å². The topological polar surface area (TPSA) is 95.9 Å². The van der Waals surface area contributed by atoms with E-state index in [2.05, 4.69) is 5.32 Å². The molecule has 3 N–H and O–H groups in total. The largest absolute Gasteiger partial charge is 0.483 e. The molecule has 0 aliphatic carbocycles. The van der Waals surface area contributed by atoms with Gasteiger partial charge in [-0.1, -0.05) is 24.3 Å². The minimum absolute atomic E-state index is 0.216. The van der Waals surface area contributed by atoms with Gasteiger partial charge in [0.15, 0.2) is 0 Å². The van der Waals surface area contributed by atoms with Crippen LogP contribution in [0.5, 0.6) is 0 Å². The quantitative estimate of drug-likeness (QED) is 0.717. The molecular weight excluding hydrogens is 329 g/mol. The molecule has 6 nitrogen and oxygen atoms in total. The lowest BCUT2D eigenvalue weighted by Crippen LogP contribution is -2.45. The first-order valence-corrected chi connectivity index (χ1v) is 8.43. The van der Waals surface area contributed by atoms with Crippen LogP contribution in [-0.4, -0.2) is 29.1 Å². The summed E-state index contributed by atoms with van der Waals surface area (Å²) in [5.74, 6) is -1.97. The van der Waals surface area contributed by atoms with Gasteiger partial charge in [0, 0.05) is 0 Å². The highest BCUT2D eigenvalue weighted by Gasteiger charge is 2.40. The molecule has 0 radical (unpaired) electrons. The highest BCUT2D eigenvalue weighted by molar-refractivity contribution is 7.08. The predicted octanol–water partition coefficient (Wildman–Crippen LogP) is 1.71. The molecule has 2 aromatic rings. The molecule has 0 saturated carbocycles. The lowest BCUT2D eigenvalue weighted by Gasteiger charge is -2.33. The Morgan fingerprint density at radius 3 is 2.67 bits per heavy atom. The Balaban J connectivity index is 1.79. The number of benzene rings is 1. The molecule has 1 aromatic carbocycles. The van der Waals surface area contributed by atoms with Gasteiger partial charge in [0.25, 0.3) is 0 Å². The lowest BCUT2D eigenvalue weighted by molar-refractivity contribution is -0.139. The SMILES string of the molecule is O=C(O)C[C@H]1OB(O)C(NC(=O)Cc2ccsc2)c2ccccc21. The van der Waals surface area contributed by atoms with Crippen LogP contribution in [0, 0.1) is 0 Å². The van der Waals surface area contributed by atoms with E-state index >= 15 is 0 Å². The highest BCUT2D eigenvalue weighted by Crippen LogP contribution is 2.35. The summed E-state index contributed by atoms with van der Waals surface area (Å²) in [7, 11) is -1.30. The third kappa shape index (κ3) is 3.67. The van der Waals surface area contributed by atoms with E-state index in [4.69, 9.17) is 9.76 Å². The molecule has 8 heteroatoms. The number of hydrogen-bond acceptors (Lipinski definition) is 5. The van der Waals surface area contributed by atoms with Crippen LogP contribution in [-0.2, 0) is 20.7 Å². The Bertz CT molecular complexity index is 736. The number of rotatable bonds is 5. The molecule has 1 amide bonds. The number of amides is 1. The third-order valence-corrected chi connectivity index (χ3v) is 4.62. The second-order valence-corrected chi connectivity index (χ2v) is 6.38. The zero-order valence-corrected chi connectivity index (χ0v) is 13.5. The van der Waals surface area contributed by atoms with Gasteiger partial charge in [-0.15, -0.1) is 0 Å². The molecule has 0 bridgehead atoms. The molecule has 1 aliphatic rings. The van der Waals surface area contributed by atoms with Gasteiger partial charge >= 0.3 is 13.1 Å². The third-order valence-electron chi connectivity index (χ3n) is 3.89. The van der Waals surface area contributed by atoms with Gasteiger partial charge in [-0.25, -0.2) is 0 Å². The van der Waals surface area contributed by atoms with E-state index in [1.165, 1.54) is 11.3 Å². The smallest absolute Gasteiger partial charge is 0.481 e. The van der Waals surface area contributed by atoms with Crippen molar-refractivity contribution in [1.29, 1.82) is 0 Å². The molecule has 3 rings (SSSR count). The van der Waals surface area contributed by atoms with Crippen molar-refractivity contribution in [1.82, 2.24) is 5.32 Å². The highest BCUT2D eigenvalue weighted by atomic mass is 32.1. The van der Waals surface area contributed by atoms with Crippen molar-refractivity contribution in [3.05, 3.63) is 57.8 Å². The summed E-state index contributed by atoms with van der Waals surface area (Å²) in [4.78, 5) is 23.2. The Morgan fingerprint density at radius 2 is 2.00 bits per heavy atom. The molecule has 24 heavy (non-hydrogen) atoms. The van der Waals surface area contributed by atoms with E-state index in [0.717, 1.165) is 5.56 Å². The van der Waals surface area contributed by atoms with Gasteiger partial charge in [0.05, 0.1) is 24.9 Å². The molecule has 0 saturated heterocycles. The first-order valence-electron chi connectivity index (χ1n) is 7.49. The molecule has 0 spiro atoms. The first kappa shape index (κ1) is 16.7. The summed E-state index contributed by atoms with van der Waals surface area (Å²) < 4.78 is 5.43. The Morgan fingerprint density at radius 1 is 1.25 bits per heavy atom. The van der Waals surface area contributed by atoms with E-state index in [9.17, 15) is 14.6 Å². The number of aliphatic carboxylic acids is 1. The number of fused-ring (bicyclic) bond motifs is 1. The fourth-order valence-corrected chi connectivity index (χ4v) is 3.50. The van der Waals surface area contributed by atoms with Crippen LogP contribution in [0.4, 0.5) is 0 Å². The zero-order chi connectivity index (χ0) is 17.1. The molecule has 1 aliphatic heterocycles. The molecular formula is C16H16BNO5S. The molecule has 1 aromatic heterocycles. The maximum Gasteiger partial charge on any atom is 0.483 e. The monoisotopic (exact) mass is 345 g/mol. The van der Waals surface area contributed by atoms with Crippen molar-refractivity contribution >= 4 is 30.3 Å². The van der Waals surface area contributed by atoms with Crippen molar-refractivity contribution in [3.8, 4) is 0 Å². The average molecular weight is 345 g/mol. The summed E-state index contributed by atoms with van der Waals surface area (Å²) in [5, 5.41) is 25.8. The van der Waals surface area contributed by atoms with Crippen molar-refractivity contribution in [2.24, 2.45) is 0 Å².